The largest absolute Gasteiger partial charge is 0.508 e. The van der Waals surface area contributed by atoms with Crippen LogP contribution in [0.3, 0.4) is 0 Å². The van der Waals surface area contributed by atoms with Crippen LogP contribution >= 0.6 is 0 Å². The molecule has 0 amide bonds. The van der Waals surface area contributed by atoms with Crippen molar-refractivity contribution < 1.29 is 14.6 Å². The van der Waals surface area contributed by atoms with Gasteiger partial charge in [0.1, 0.15) is 11.5 Å². The fourth-order valence-corrected chi connectivity index (χ4v) is 3.03. The Morgan fingerprint density at radius 3 is 2.65 bits per heavy atom. The van der Waals surface area contributed by atoms with Gasteiger partial charge in [-0.05, 0) is 32.3 Å². The number of aromatic hydroxyl groups is 1. The molecule has 0 saturated carbocycles. The van der Waals surface area contributed by atoms with Crippen LogP contribution in [0, 0.1) is 0 Å². The first-order valence-corrected chi connectivity index (χ1v) is 9.08. The van der Waals surface area contributed by atoms with Crippen molar-refractivity contribution in [3.8, 4) is 11.5 Å². The number of aromatic nitrogens is 4. The van der Waals surface area contributed by atoms with E-state index in [1.54, 1.807) is 6.07 Å². The molecule has 0 spiro atoms. The molecule has 2 rings (SSSR count). The van der Waals surface area contributed by atoms with Crippen LogP contribution in [0.5, 0.6) is 11.5 Å². The van der Waals surface area contributed by atoms with Crippen LogP contribution in [0.2, 0.25) is 0 Å². The van der Waals surface area contributed by atoms with Gasteiger partial charge in [-0.25, -0.2) is 0 Å². The summed E-state index contributed by atoms with van der Waals surface area (Å²) in [5, 5.41) is 24.1. The van der Waals surface area contributed by atoms with E-state index in [0.29, 0.717) is 24.3 Å². The number of carbonyl (C=O) groups excluding carboxylic acids is 1. The van der Waals surface area contributed by atoms with Gasteiger partial charge in [-0.2, -0.15) is 5.21 Å². The van der Waals surface area contributed by atoms with Crippen LogP contribution in [-0.2, 0) is 11.8 Å². The molecule has 1 aromatic carbocycles. The second-order valence-corrected chi connectivity index (χ2v) is 7.16. The monoisotopic (exact) mass is 360 g/mol. The molecule has 1 aromatic heterocycles. The summed E-state index contributed by atoms with van der Waals surface area (Å²) in [6, 6.07) is 3.10. The maximum Gasteiger partial charge on any atom is 0.180 e. The smallest absolute Gasteiger partial charge is 0.180 e. The van der Waals surface area contributed by atoms with E-state index in [1.807, 2.05) is 6.92 Å². The van der Waals surface area contributed by atoms with E-state index in [-0.39, 0.29) is 16.9 Å². The van der Waals surface area contributed by atoms with Gasteiger partial charge in [-0.3, -0.25) is 4.79 Å². The van der Waals surface area contributed by atoms with Gasteiger partial charge in [0.15, 0.2) is 11.6 Å². The zero-order chi connectivity index (χ0) is 19.2. The number of ketones is 1. The lowest BCUT2D eigenvalue weighted by molar-refractivity contribution is 0.101. The van der Waals surface area contributed by atoms with E-state index in [4.69, 9.17) is 4.74 Å². The van der Waals surface area contributed by atoms with Gasteiger partial charge >= 0.3 is 0 Å². The summed E-state index contributed by atoms with van der Waals surface area (Å²) < 4.78 is 5.85. The Hall–Kier alpha value is -2.44. The minimum atomic E-state index is -0.106. The molecule has 0 aliphatic carbocycles. The van der Waals surface area contributed by atoms with Crippen LogP contribution in [0.4, 0.5) is 0 Å². The Kier molecular flexibility index (Phi) is 6.71. The Morgan fingerprint density at radius 1 is 1.27 bits per heavy atom. The van der Waals surface area contributed by atoms with Crippen LogP contribution in [0.15, 0.2) is 12.1 Å². The van der Waals surface area contributed by atoms with Crippen LogP contribution in [0.1, 0.15) is 75.1 Å². The average molecular weight is 360 g/mol. The molecule has 2 N–H and O–H groups in total. The first-order valence-electron chi connectivity index (χ1n) is 9.08. The van der Waals surface area contributed by atoms with Gasteiger partial charge in [-0.1, -0.05) is 38.8 Å². The number of carbonyl (C=O) groups is 1. The van der Waals surface area contributed by atoms with Crippen LogP contribution in [0.25, 0.3) is 0 Å². The fourth-order valence-electron chi connectivity index (χ4n) is 3.03. The Labute approximate surface area is 154 Å². The van der Waals surface area contributed by atoms with E-state index in [1.165, 1.54) is 13.0 Å². The number of ether oxygens (including phenoxy) is 1. The summed E-state index contributed by atoms with van der Waals surface area (Å²) in [4.78, 5) is 11.8. The number of phenols is 1. The predicted molar refractivity (Wildman–Crippen MR) is 98.7 cm³/mol. The molecule has 1 heterocycles. The van der Waals surface area contributed by atoms with Gasteiger partial charge in [-0.15, -0.1) is 10.2 Å². The summed E-state index contributed by atoms with van der Waals surface area (Å²) >= 11 is 0. The molecule has 7 heteroatoms. The number of aromatic amines is 1. The van der Waals surface area contributed by atoms with Gasteiger partial charge in [0, 0.05) is 22.6 Å². The molecule has 0 bridgehead atoms. The number of benzene rings is 1. The van der Waals surface area contributed by atoms with Crippen molar-refractivity contribution in [2.45, 2.75) is 65.2 Å². The molecule has 0 aliphatic rings. The number of tetrazole rings is 1. The molecule has 0 aliphatic heterocycles. The van der Waals surface area contributed by atoms with Crippen molar-refractivity contribution in [3.63, 3.8) is 0 Å². The van der Waals surface area contributed by atoms with E-state index < -0.39 is 0 Å². The molecule has 7 nitrogen and oxygen atoms in total. The Morgan fingerprint density at radius 2 is 2.04 bits per heavy atom. The number of Topliss-reactive ketones (excluding diaryl/α,β-unsaturated/α-hetero) is 1. The van der Waals surface area contributed by atoms with Crippen molar-refractivity contribution in [1.82, 2.24) is 20.6 Å². The van der Waals surface area contributed by atoms with Crippen molar-refractivity contribution >= 4 is 5.78 Å². The molecular weight excluding hydrogens is 332 g/mol. The molecule has 142 valence electrons. The summed E-state index contributed by atoms with van der Waals surface area (Å²) in [7, 11) is 0. The third kappa shape index (κ3) is 5.03. The molecule has 0 radical (unpaired) electrons. The summed E-state index contributed by atoms with van der Waals surface area (Å²) in [5.74, 6) is 1.33. The molecule has 0 atom stereocenters. The highest BCUT2D eigenvalue weighted by Gasteiger charge is 2.24. The van der Waals surface area contributed by atoms with Crippen molar-refractivity contribution in [2.75, 3.05) is 6.61 Å². The second kappa shape index (κ2) is 8.78. The Bertz CT molecular complexity index is 727. The van der Waals surface area contributed by atoms with E-state index in [9.17, 15) is 9.90 Å². The summed E-state index contributed by atoms with van der Waals surface area (Å²) in [6.45, 7) is 8.25. The minimum Gasteiger partial charge on any atom is -0.508 e. The van der Waals surface area contributed by atoms with Crippen molar-refractivity contribution in [3.05, 3.63) is 29.1 Å². The van der Waals surface area contributed by atoms with E-state index >= 15 is 0 Å². The summed E-state index contributed by atoms with van der Waals surface area (Å²) in [5.41, 5.74) is 1.28. The number of phenolic OH excluding ortho intramolecular Hbond substituents is 1. The third-order valence-corrected chi connectivity index (χ3v) is 4.58. The number of nitrogens with zero attached hydrogens (tertiary/aromatic N) is 3. The van der Waals surface area contributed by atoms with Crippen LogP contribution < -0.4 is 4.74 Å². The lowest BCUT2D eigenvalue weighted by Crippen LogP contribution is -2.19. The van der Waals surface area contributed by atoms with Gasteiger partial charge < -0.3 is 9.84 Å². The van der Waals surface area contributed by atoms with Gasteiger partial charge in [0.25, 0.3) is 0 Å². The standard InChI is InChI=1S/C19H28N4O3/c1-5-15-16(13(2)24)11-14(25)12-17(15)26-10-8-6-7-9-19(3,4)18-20-22-23-21-18/h11-12,25H,5-10H2,1-4H3,(H,20,21,22,23). The average Bonchev–Trinajstić information content (AvgIpc) is 3.12. The normalized spacial score (nSPS) is 11.5. The first-order chi connectivity index (χ1) is 12.3. The lowest BCUT2D eigenvalue weighted by atomic mass is 9.86. The maximum absolute atomic E-state index is 11.8. The predicted octanol–water partition coefficient (Wildman–Crippen LogP) is 3.59. The highest BCUT2D eigenvalue weighted by molar-refractivity contribution is 5.96. The van der Waals surface area contributed by atoms with E-state index in [0.717, 1.165) is 37.1 Å². The topological polar surface area (TPSA) is 101 Å². The fraction of sp³-hybridized carbons (Fsp3) is 0.579. The number of unbranched alkanes of at least 4 members (excludes halogenated alkanes) is 2. The summed E-state index contributed by atoms with van der Waals surface area (Å²) in [6.07, 6.45) is 4.60. The second-order valence-electron chi connectivity index (χ2n) is 7.16. The van der Waals surface area contributed by atoms with Gasteiger partial charge in [0.05, 0.1) is 6.61 Å². The highest BCUT2D eigenvalue weighted by atomic mass is 16.5. The molecule has 2 aromatic rings. The quantitative estimate of drug-likeness (QED) is 0.496. The molecule has 0 saturated heterocycles. The van der Waals surface area contributed by atoms with E-state index in [2.05, 4.69) is 34.5 Å². The van der Waals surface area contributed by atoms with Crippen molar-refractivity contribution in [2.24, 2.45) is 0 Å². The van der Waals surface area contributed by atoms with Crippen LogP contribution in [-0.4, -0.2) is 38.1 Å². The molecular formula is C19H28N4O3. The number of hydrogen-bond acceptors (Lipinski definition) is 6. The van der Waals surface area contributed by atoms with Crippen molar-refractivity contribution in [1.29, 1.82) is 0 Å². The SMILES string of the molecule is CCc1c(OCCCCCC(C)(C)c2nn[nH]n2)cc(O)cc1C(C)=O. The number of rotatable bonds is 10. The zero-order valence-electron chi connectivity index (χ0n) is 16.0. The molecule has 0 unspecified atom stereocenters. The molecule has 0 fully saturated rings. The zero-order valence-corrected chi connectivity index (χ0v) is 16.0. The number of hydrogen-bond donors (Lipinski definition) is 2. The Balaban J connectivity index is 1.82. The number of H-pyrrole nitrogens is 1. The third-order valence-electron chi connectivity index (χ3n) is 4.58. The highest BCUT2D eigenvalue weighted by Crippen LogP contribution is 2.30. The minimum absolute atomic E-state index is 0.0595. The number of nitrogens with one attached hydrogen (secondary N) is 1. The lowest BCUT2D eigenvalue weighted by Gasteiger charge is -2.20. The molecule has 26 heavy (non-hydrogen) atoms. The maximum atomic E-state index is 11.8. The van der Waals surface area contributed by atoms with Gasteiger partial charge in [0.2, 0.25) is 0 Å². The first kappa shape index (κ1) is 19.9.